The first kappa shape index (κ1) is 13.0. The Bertz CT molecular complexity index is 475. The van der Waals surface area contributed by atoms with Crippen molar-refractivity contribution in [2.75, 3.05) is 19.8 Å². The normalized spacial score (nSPS) is 22.3. The zero-order valence-corrected chi connectivity index (χ0v) is 11.4. The van der Waals surface area contributed by atoms with Gasteiger partial charge in [-0.05, 0) is 37.4 Å². The van der Waals surface area contributed by atoms with E-state index < -0.39 is 0 Å². The van der Waals surface area contributed by atoms with Gasteiger partial charge in [-0.15, -0.1) is 0 Å². The van der Waals surface area contributed by atoms with Crippen molar-refractivity contribution in [2.24, 2.45) is 0 Å². The lowest BCUT2D eigenvalue weighted by molar-refractivity contribution is 0.296. The van der Waals surface area contributed by atoms with Gasteiger partial charge in [0.25, 0.3) is 0 Å². The summed E-state index contributed by atoms with van der Waals surface area (Å²) in [7, 11) is 0. The average molecular weight is 286 g/mol. The molecule has 0 aromatic heterocycles. The molecule has 2 heterocycles. The highest BCUT2D eigenvalue weighted by Gasteiger charge is 2.23. The molecule has 1 aromatic carbocycles. The van der Waals surface area contributed by atoms with Crippen molar-refractivity contribution >= 4 is 11.6 Å². The Balaban J connectivity index is 1.91. The van der Waals surface area contributed by atoms with Crippen molar-refractivity contribution in [1.82, 2.24) is 5.32 Å². The van der Waals surface area contributed by atoms with E-state index in [0.717, 1.165) is 25.8 Å². The molecule has 1 aromatic rings. The van der Waals surface area contributed by atoms with Crippen LogP contribution in [-0.2, 0) is 6.42 Å². The Morgan fingerprint density at radius 1 is 1.32 bits per heavy atom. The molecule has 0 amide bonds. The number of hydrogen-bond donors (Lipinski definition) is 1. The summed E-state index contributed by atoms with van der Waals surface area (Å²) in [5, 5.41) is 3.41. The second kappa shape index (κ2) is 5.55. The van der Waals surface area contributed by atoms with Gasteiger partial charge in [0.1, 0.15) is 10.8 Å². The number of halogens is 2. The molecule has 5 heteroatoms. The highest BCUT2D eigenvalue weighted by atomic mass is 35.5. The minimum atomic E-state index is -0.375. The first-order valence-corrected chi connectivity index (χ1v) is 7.13. The number of benzene rings is 1. The minimum absolute atomic E-state index is 0.0485. The number of hydrogen-bond acceptors (Lipinski definition) is 3. The molecule has 0 bridgehead atoms. The first-order valence-electron chi connectivity index (χ1n) is 6.75. The van der Waals surface area contributed by atoms with E-state index in [-0.39, 0.29) is 10.8 Å². The maximum atomic E-state index is 14.3. The van der Waals surface area contributed by atoms with Crippen LogP contribution in [0.3, 0.4) is 0 Å². The second-order valence-corrected chi connectivity index (χ2v) is 5.42. The van der Waals surface area contributed by atoms with Gasteiger partial charge >= 0.3 is 0 Å². The van der Waals surface area contributed by atoms with Gasteiger partial charge in [-0.2, -0.15) is 0 Å². The van der Waals surface area contributed by atoms with Crippen LogP contribution < -0.4 is 14.8 Å². The lowest BCUT2D eigenvalue weighted by atomic mass is 10.0. The molecule has 3 nitrogen and oxygen atoms in total. The van der Waals surface area contributed by atoms with Crippen molar-refractivity contribution in [1.29, 1.82) is 0 Å². The van der Waals surface area contributed by atoms with E-state index in [4.69, 9.17) is 21.1 Å². The molecule has 3 rings (SSSR count). The summed E-state index contributed by atoms with van der Waals surface area (Å²) in [6.07, 6.45) is 3.64. The topological polar surface area (TPSA) is 30.5 Å². The summed E-state index contributed by atoms with van der Waals surface area (Å²) in [6, 6.07) is 2.07. The third kappa shape index (κ3) is 2.65. The molecule has 1 unspecified atom stereocenters. The van der Waals surface area contributed by atoms with Gasteiger partial charge in [-0.3, -0.25) is 0 Å². The molecular weight excluding hydrogens is 269 g/mol. The minimum Gasteiger partial charge on any atom is -0.489 e. The van der Waals surface area contributed by atoms with E-state index in [1.54, 1.807) is 6.07 Å². The summed E-state index contributed by atoms with van der Waals surface area (Å²) < 4.78 is 25.3. The van der Waals surface area contributed by atoms with E-state index in [1.807, 2.05) is 0 Å². The number of rotatable bonds is 2. The summed E-state index contributed by atoms with van der Waals surface area (Å²) >= 11 is 6.07. The largest absolute Gasteiger partial charge is 0.489 e. The molecule has 0 radical (unpaired) electrons. The smallest absolute Gasteiger partial charge is 0.182 e. The highest BCUT2D eigenvalue weighted by molar-refractivity contribution is 6.32. The highest BCUT2D eigenvalue weighted by Crippen LogP contribution is 2.40. The zero-order valence-electron chi connectivity index (χ0n) is 10.7. The fourth-order valence-corrected chi connectivity index (χ4v) is 2.91. The quantitative estimate of drug-likeness (QED) is 0.906. The zero-order chi connectivity index (χ0) is 13.2. The molecule has 2 aliphatic heterocycles. The van der Waals surface area contributed by atoms with Crippen LogP contribution in [0.2, 0.25) is 5.02 Å². The third-order valence-corrected chi connectivity index (χ3v) is 3.96. The average Bonchev–Trinajstić information content (AvgIpc) is 2.80. The fourth-order valence-electron chi connectivity index (χ4n) is 2.64. The predicted molar refractivity (Wildman–Crippen MR) is 71.7 cm³/mol. The maximum absolute atomic E-state index is 14.3. The van der Waals surface area contributed by atoms with Gasteiger partial charge in [0.15, 0.2) is 11.5 Å². The predicted octanol–water partition coefficient (Wildman–Crippen LogP) is 2.93. The lowest BCUT2D eigenvalue weighted by Crippen LogP contribution is -2.24. The van der Waals surface area contributed by atoms with E-state index in [0.29, 0.717) is 42.7 Å². The van der Waals surface area contributed by atoms with Gasteiger partial charge in [-0.25, -0.2) is 4.39 Å². The van der Waals surface area contributed by atoms with Gasteiger partial charge in [-0.1, -0.05) is 11.6 Å². The van der Waals surface area contributed by atoms with Crippen LogP contribution in [-0.4, -0.2) is 25.8 Å². The molecule has 104 valence electrons. The monoisotopic (exact) mass is 285 g/mol. The Kier molecular flexibility index (Phi) is 3.80. The van der Waals surface area contributed by atoms with E-state index in [9.17, 15) is 4.39 Å². The Hall–Kier alpha value is -1.00. The van der Waals surface area contributed by atoms with Crippen LogP contribution in [0, 0.1) is 5.82 Å². The summed E-state index contributed by atoms with van der Waals surface area (Å²) in [6.45, 7) is 2.09. The van der Waals surface area contributed by atoms with Crippen molar-refractivity contribution in [2.45, 2.75) is 31.7 Å². The number of fused-ring (bicyclic) bond motifs is 1. The van der Waals surface area contributed by atoms with Crippen LogP contribution in [0.5, 0.6) is 11.5 Å². The van der Waals surface area contributed by atoms with Crippen molar-refractivity contribution in [3.63, 3.8) is 0 Å². The van der Waals surface area contributed by atoms with Crippen LogP contribution in [0.1, 0.15) is 24.8 Å². The molecule has 0 spiro atoms. The Labute approximate surface area is 117 Å². The van der Waals surface area contributed by atoms with Crippen LogP contribution in [0.15, 0.2) is 6.07 Å². The van der Waals surface area contributed by atoms with Gasteiger partial charge in [0, 0.05) is 12.5 Å². The Morgan fingerprint density at radius 3 is 2.95 bits per heavy atom. The first-order chi connectivity index (χ1) is 9.25. The van der Waals surface area contributed by atoms with Crippen molar-refractivity contribution < 1.29 is 13.9 Å². The second-order valence-electron chi connectivity index (χ2n) is 5.04. The van der Waals surface area contributed by atoms with E-state index >= 15 is 0 Å². The SMILES string of the molecule is Fc1c(CC2CCCN2)cc2c(c1Cl)OCCCO2. The van der Waals surface area contributed by atoms with E-state index in [2.05, 4.69) is 5.32 Å². The van der Waals surface area contributed by atoms with E-state index in [1.165, 1.54) is 0 Å². The fraction of sp³-hybridized carbons (Fsp3) is 0.571. The molecule has 0 saturated carbocycles. The van der Waals surface area contributed by atoms with Crippen LogP contribution >= 0.6 is 11.6 Å². The summed E-state index contributed by atoms with van der Waals surface area (Å²) in [5.41, 5.74) is 0.605. The molecular formula is C14H17ClFNO2. The summed E-state index contributed by atoms with van der Waals surface area (Å²) in [4.78, 5) is 0. The molecule has 1 saturated heterocycles. The lowest BCUT2D eigenvalue weighted by Gasteiger charge is -2.15. The molecule has 1 atom stereocenters. The molecule has 2 aliphatic rings. The summed E-state index contributed by atoms with van der Waals surface area (Å²) in [5.74, 6) is 0.538. The molecule has 1 N–H and O–H groups in total. The van der Waals surface area contributed by atoms with Crippen molar-refractivity contribution in [3.8, 4) is 11.5 Å². The standard InChI is InChI=1S/C14H17ClFNO2/c15-12-13(16)9(7-10-3-1-4-17-10)8-11-14(12)19-6-2-5-18-11/h8,10,17H,1-7H2. The van der Waals surface area contributed by atoms with Crippen LogP contribution in [0.25, 0.3) is 0 Å². The van der Waals surface area contributed by atoms with Gasteiger partial charge in [0.2, 0.25) is 0 Å². The number of ether oxygens (including phenoxy) is 2. The molecule has 19 heavy (non-hydrogen) atoms. The third-order valence-electron chi connectivity index (χ3n) is 3.62. The van der Waals surface area contributed by atoms with Crippen LogP contribution in [0.4, 0.5) is 4.39 Å². The van der Waals surface area contributed by atoms with Crippen molar-refractivity contribution in [3.05, 3.63) is 22.5 Å². The maximum Gasteiger partial charge on any atom is 0.182 e. The van der Waals surface area contributed by atoms with Gasteiger partial charge in [0.05, 0.1) is 13.2 Å². The molecule has 0 aliphatic carbocycles. The van der Waals surface area contributed by atoms with Gasteiger partial charge < -0.3 is 14.8 Å². The molecule has 1 fully saturated rings. The number of nitrogens with one attached hydrogen (secondary N) is 1. The Morgan fingerprint density at radius 2 is 2.16 bits per heavy atom.